The van der Waals surface area contributed by atoms with Gasteiger partial charge in [-0.25, -0.2) is 4.39 Å². The van der Waals surface area contributed by atoms with Crippen molar-refractivity contribution in [2.24, 2.45) is 0 Å². The average Bonchev–Trinajstić information content (AvgIpc) is 2.22. The van der Waals surface area contributed by atoms with E-state index in [0.29, 0.717) is 10.8 Å². The van der Waals surface area contributed by atoms with Gasteiger partial charge >= 0.3 is 0 Å². The fourth-order valence-electron chi connectivity index (χ4n) is 1.54. The molecule has 0 amide bonds. The van der Waals surface area contributed by atoms with Crippen LogP contribution < -0.4 is 5.56 Å². The van der Waals surface area contributed by atoms with Crippen LogP contribution in [0.2, 0.25) is 0 Å². The summed E-state index contributed by atoms with van der Waals surface area (Å²) in [5, 5.41) is 9.78. The number of pyridine rings is 1. The molecule has 0 unspecified atom stereocenters. The van der Waals surface area contributed by atoms with Gasteiger partial charge in [0.2, 0.25) is 0 Å². The number of nitrogens with zero attached hydrogens (tertiary/aromatic N) is 1. The minimum Gasteiger partial charge on any atom is -0.395 e. The van der Waals surface area contributed by atoms with Crippen LogP contribution in [0, 0.1) is 5.82 Å². The number of benzene rings is 1. The quantitative estimate of drug-likeness (QED) is 0.802. The molecule has 0 saturated heterocycles. The summed E-state index contributed by atoms with van der Waals surface area (Å²) in [6.45, 7) is 0.165. The van der Waals surface area contributed by atoms with Crippen molar-refractivity contribution >= 4 is 10.8 Å². The van der Waals surface area contributed by atoms with Gasteiger partial charge in [-0.1, -0.05) is 0 Å². The standard InChI is InChI=1S/C11H10FNO2/c12-9-1-2-10-8(7-9)3-4-13(5-6-14)11(10)15/h1-4,7,14H,5-6H2. The van der Waals surface area contributed by atoms with Crippen molar-refractivity contribution in [3.05, 3.63) is 46.6 Å². The highest BCUT2D eigenvalue weighted by Crippen LogP contribution is 2.10. The second kappa shape index (κ2) is 3.82. The Hall–Kier alpha value is -1.68. The van der Waals surface area contributed by atoms with Crippen LogP contribution in [0.1, 0.15) is 0 Å². The molecule has 2 rings (SSSR count). The Labute approximate surface area is 85.4 Å². The summed E-state index contributed by atoms with van der Waals surface area (Å²) in [4.78, 5) is 11.8. The van der Waals surface area contributed by atoms with Gasteiger partial charge in [-0.15, -0.1) is 0 Å². The zero-order chi connectivity index (χ0) is 10.8. The first kappa shape index (κ1) is 9.86. The third kappa shape index (κ3) is 1.76. The number of fused-ring (bicyclic) bond motifs is 1. The van der Waals surface area contributed by atoms with E-state index in [0.717, 1.165) is 0 Å². The highest BCUT2D eigenvalue weighted by Gasteiger charge is 2.02. The van der Waals surface area contributed by atoms with Gasteiger partial charge in [0.25, 0.3) is 5.56 Å². The Balaban J connectivity index is 2.69. The number of aliphatic hydroxyl groups is 1. The van der Waals surface area contributed by atoms with Crippen LogP contribution in [0.15, 0.2) is 35.3 Å². The van der Waals surface area contributed by atoms with E-state index in [1.54, 1.807) is 12.3 Å². The Morgan fingerprint density at radius 3 is 2.87 bits per heavy atom. The second-order valence-corrected chi connectivity index (χ2v) is 3.27. The minimum atomic E-state index is -0.359. The molecule has 0 saturated carbocycles. The topological polar surface area (TPSA) is 42.2 Å². The predicted molar refractivity (Wildman–Crippen MR) is 55.3 cm³/mol. The molecule has 1 heterocycles. The van der Waals surface area contributed by atoms with Crippen molar-refractivity contribution in [1.29, 1.82) is 0 Å². The van der Waals surface area contributed by atoms with Gasteiger partial charge in [-0.3, -0.25) is 4.79 Å². The Bertz CT molecular complexity index is 548. The Kier molecular flexibility index (Phi) is 2.51. The number of hydrogen-bond acceptors (Lipinski definition) is 2. The van der Waals surface area contributed by atoms with Gasteiger partial charge in [-0.05, 0) is 29.7 Å². The highest BCUT2D eigenvalue weighted by atomic mass is 19.1. The van der Waals surface area contributed by atoms with Crippen molar-refractivity contribution < 1.29 is 9.50 Å². The van der Waals surface area contributed by atoms with Gasteiger partial charge in [0.15, 0.2) is 0 Å². The molecular formula is C11H10FNO2. The second-order valence-electron chi connectivity index (χ2n) is 3.27. The fraction of sp³-hybridized carbons (Fsp3) is 0.182. The lowest BCUT2D eigenvalue weighted by atomic mass is 10.2. The first-order valence-electron chi connectivity index (χ1n) is 4.62. The molecule has 0 aliphatic carbocycles. The van der Waals surface area contributed by atoms with Gasteiger partial charge in [-0.2, -0.15) is 0 Å². The smallest absolute Gasteiger partial charge is 0.258 e. The van der Waals surface area contributed by atoms with E-state index in [2.05, 4.69) is 0 Å². The zero-order valence-corrected chi connectivity index (χ0v) is 7.98. The van der Waals surface area contributed by atoms with Crippen LogP contribution in [-0.4, -0.2) is 16.3 Å². The molecule has 0 radical (unpaired) electrons. The lowest BCUT2D eigenvalue weighted by Crippen LogP contribution is -2.20. The molecule has 4 heteroatoms. The molecule has 0 aliphatic rings. The number of rotatable bonds is 2. The molecule has 0 aliphatic heterocycles. The maximum Gasteiger partial charge on any atom is 0.258 e. The summed E-state index contributed by atoms with van der Waals surface area (Å²) in [7, 11) is 0. The Morgan fingerprint density at radius 2 is 2.13 bits per heavy atom. The van der Waals surface area contributed by atoms with E-state index < -0.39 is 0 Å². The molecule has 0 bridgehead atoms. The van der Waals surface area contributed by atoms with Crippen LogP contribution in [0.25, 0.3) is 10.8 Å². The average molecular weight is 207 g/mol. The molecular weight excluding hydrogens is 197 g/mol. The molecule has 78 valence electrons. The first-order chi connectivity index (χ1) is 7.22. The van der Waals surface area contributed by atoms with E-state index in [4.69, 9.17) is 5.11 Å². The number of halogens is 1. The van der Waals surface area contributed by atoms with Crippen LogP contribution >= 0.6 is 0 Å². The summed E-state index contributed by atoms with van der Waals surface area (Å²) in [5.41, 5.74) is -0.207. The summed E-state index contributed by atoms with van der Waals surface area (Å²) < 4.78 is 14.3. The van der Waals surface area contributed by atoms with E-state index >= 15 is 0 Å². The third-order valence-electron chi connectivity index (χ3n) is 2.28. The molecule has 1 aromatic heterocycles. The monoisotopic (exact) mass is 207 g/mol. The number of hydrogen-bond donors (Lipinski definition) is 1. The van der Waals surface area contributed by atoms with Crippen LogP contribution in [-0.2, 0) is 6.54 Å². The highest BCUT2D eigenvalue weighted by molar-refractivity contribution is 5.81. The maximum absolute atomic E-state index is 12.9. The molecule has 0 fully saturated rings. The lowest BCUT2D eigenvalue weighted by Gasteiger charge is -2.04. The molecule has 1 aromatic carbocycles. The molecule has 1 N–H and O–H groups in total. The van der Waals surface area contributed by atoms with Crippen LogP contribution in [0.4, 0.5) is 4.39 Å². The Morgan fingerprint density at radius 1 is 1.33 bits per heavy atom. The molecule has 15 heavy (non-hydrogen) atoms. The molecule has 0 spiro atoms. The van der Waals surface area contributed by atoms with Gasteiger partial charge in [0.05, 0.1) is 6.61 Å². The van der Waals surface area contributed by atoms with E-state index in [1.807, 2.05) is 0 Å². The summed E-state index contributed by atoms with van der Waals surface area (Å²) in [5.74, 6) is -0.359. The van der Waals surface area contributed by atoms with Crippen molar-refractivity contribution in [2.75, 3.05) is 6.61 Å². The van der Waals surface area contributed by atoms with Crippen molar-refractivity contribution in [1.82, 2.24) is 4.57 Å². The van der Waals surface area contributed by atoms with Gasteiger partial charge < -0.3 is 9.67 Å². The number of aromatic nitrogens is 1. The lowest BCUT2D eigenvalue weighted by molar-refractivity contribution is 0.274. The predicted octanol–water partition coefficient (Wildman–Crippen LogP) is 1.13. The van der Waals surface area contributed by atoms with Crippen molar-refractivity contribution in [3.8, 4) is 0 Å². The van der Waals surface area contributed by atoms with Crippen LogP contribution in [0.3, 0.4) is 0 Å². The SMILES string of the molecule is O=c1c2ccc(F)cc2ccn1CCO. The minimum absolute atomic E-state index is 0.0907. The largest absolute Gasteiger partial charge is 0.395 e. The maximum atomic E-state index is 12.9. The molecule has 3 nitrogen and oxygen atoms in total. The van der Waals surface area contributed by atoms with E-state index in [1.165, 1.54) is 22.8 Å². The van der Waals surface area contributed by atoms with Gasteiger partial charge in [0.1, 0.15) is 5.82 Å². The van der Waals surface area contributed by atoms with Crippen LogP contribution in [0.5, 0.6) is 0 Å². The van der Waals surface area contributed by atoms with Gasteiger partial charge in [0, 0.05) is 18.1 Å². The van der Waals surface area contributed by atoms with Crippen molar-refractivity contribution in [3.63, 3.8) is 0 Å². The molecule has 0 atom stereocenters. The van der Waals surface area contributed by atoms with E-state index in [9.17, 15) is 9.18 Å². The normalized spacial score (nSPS) is 10.8. The summed E-state index contributed by atoms with van der Waals surface area (Å²) in [6.07, 6.45) is 1.56. The summed E-state index contributed by atoms with van der Waals surface area (Å²) in [6, 6.07) is 5.70. The summed E-state index contributed by atoms with van der Waals surface area (Å²) >= 11 is 0. The third-order valence-corrected chi connectivity index (χ3v) is 2.28. The zero-order valence-electron chi connectivity index (χ0n) is 7.98. The van der Waals surface area contributed by atoms with Crippen molar-refractivity contribution in [2.45, 2.75) is 6.54 Å². The fourth-order valence-corrected chi connectivity index (χ4v) is 1.54. The van der Waals surface area contributed by atoms with E-state index in [-0.39, 0.29) is 24.5 Å². The first-order valence-corrected chi connectivity index (χ1v) is 4.62. The molecule has 2 aromatic rings. The number of aliphatic hydroxyl groups excluding tert-OH is 1.